The van der Waals surface area contributed by atoms with Crippen molar-refractivity contribution in [2.75, 3.05) is 11.9 Å². The number of hydrogen-bond acceptors (Lipinski definition) is 2. The quantitative estimate of drug-likeness (QED) is 0.787. The third kappa shape index (κ3) is 3.27. The summed E-state index contributed by atoms with van der Waals surface area (Å²) in [4.78, 5) is 14.3. The predicted octanol–water partition coefficient (Wildman–Crippen LogP) is 4.54. The van der Waals surface area contributed by atoms with Crippen molar-refractivity contribution in [3.8, 4) is 5.75 Å². The molecule has 0 saturated carbocycles. The second kappa shape index (κ2) is 6.36. The van der Waals surface area contributed by atoms with Gasteiger partial charge in [-0.25, -0.2) is 0 Å². The number of anilines is 1. The van der Waals surface area contributed by atoms with Crippen LogP contribution in [-0.2, 0) is 11.2 Å². The van der Waals surface area contributed by atoms with Crippen LogP contribution < -0.4 is 9.64 Å². The van der Waals surface area contributed by atoms with Crippen molar-refractivity contribution in [2.24, 2.45) is 0 Å². The highest BCUT2D eigenvalue weighted by atomic mass is 79.9. The molecule has 120 valence electrons. The zero-order chi connectivity index (χ0) is 16.6. The number of hydrogen-bond donors (Lipinski definition) is 0. The van der Waals surface area contributed by atoms with Crippen LogP contribution in [0.1, 0.15) is 30.9 Å². The highest BCUT2D eigenvalue weighted by Crippen LogP contribution is 2.39. The van der Waals surface area contributed by atoms with Gasteiger partial charge in [-0.1, -0.05) is 28.1 Å². The molecule has 0 bridgehead atoms. The Labute approximate surface area is 145 Å². The number of carbonyl (C=O) groups excluding carboxylic acids is 1. The van der Waals surface area contributed by atoms with Crippen LogP contribution in [0.25, 0.3) is 0 Å². The second-order valence-corrected chi connectivity index (χ2v) is 7.08. The summed E-state index contributed by atoms with van der Waals surface area (Å²) >= 11 is 3.50. The first kappa shape index (κ1) is 16.1. The first-order chi connectivity index (χ1) is 11.0. The number of nitrogens with zero attached hydrogens (tertiary/aromatic N) is 1. The minimum Gasteiger partial charge on any atom is -0.491 e. The van der Waals surface area contributed by atoms with Crippen molar-refractivity contribution in [3.05, 3.63) is 58.1 Å². The predicted molar refractivity (Wildman–Crippen MR) is 96.2 cm³/mol. The molecule has 3 nitrogen and oxygen atoms in total. The van der Waals surface area contributed by atoms with E-state index < -0.39 is 0 Å². The standard InChI is InChI=1S/C19H20BrNO2/c1-12(2)23-15-7-4-13(5-8-15)10-17-16-11-14(20)6-9-18(16)21(3)19(17)22/h4-9,11-12,17H,10H2,1-3H3/t17-/m0/s1. The molecule has 0 aromatic heterocycles. The van der Waals surface area contributed by atoms with Crippen molar-refractivity contribution < 1.29 is 9.53 Å². The molecule has 1 amide bonds. The molecule has 0 spiro atoms. The van der Waals surface area contributed by atoms with Crippen LogP contribution >= 0.6 is 15.9 Å². The van der Waals surface area contributed by atoms with E-state index in [-0.39, 0.29) is 17.9 Å². The zero-order valence-electron chi connectivity index (χ0n) is 13.5. The summed E-state index contributed by atoms with van der Waals surface area (Å²) in [6.45, 7) is 4.02. The molecular weight excluding hydrogens is 354 g/mol. The van der Waals surface area contributed by atoms with E-state index >= 15 is 0 Å². The first-order valence-electron chi connectivity index (χ1n) is 7.78. The second-order valence-electron chi connectivity index (χ2n) is 6.17. The Bertz CT molecular complexity index is 725. The molecular formula is C19H20BrNO2. The number of amides is 1. The van der Waals surface area contributed by atoms with E-state index in [2.05, 4.69) is 22.0 Å². The van der Waals surface area contributed by atoms with Gasteiger partial charge in [0.1, 0.15) is 5.75 Å². The fraction of sp³-hybridized carbons (Fsp3) is 0.316. The van der Waals surface area contributed by atoms with E-state index in [1.807, 2.05) is 57.3 Å². The monoisotopic (exact) mass is 373 g/mol. The maximum absolute atomic E-state index is 12.6. The Kier molecular flexibility index (Phi) is 4.44. The van der Waals surface area contributed by atoms with Gasteiger partial charge < -0.3 is 9.64 Å². The molecule has 1 heterocycles. The molecule has 2 aromatic rings. The van der Waals surface area contributed by atoms with E-state index in [1.165, 1.54) is 0 Å². The van der Waals surface area contributed by atoms with Gasteiger partial charge >= 0.3 is 0 Å². The van der Waals surface area contributed by atoms with Crippen molar-refractivity contribution >= 4 is 27.5 Å². The molecule has 0 unspecified atom stereocenters. The Balaban J connectivity index is 1.83. The molecule has 2 aromatic carbocycles. The molecule has 1 aliphatic rings. The summed E-state index contributed by atoms with van der Waals surface area (Å²) in [5, 5.41) is 0. The Morgan fingerprint density at radius 1 is 1.17 bits per heavy atom. The fourth-order valence-electron chi connectivity index (χ4n) is 3.00. The lowest BCUT2D eigenvalue weighted by molar-refractivity contribution is -0.119. The SMILES string of the molecule is CC(C)Oc1ccc(C[C@@H]2C(=O)N(C)c3ccc(Br)cc32)cc1. The van der Waals surface area contributed by atoms with E-state index in [9.17, 15) is 4.79 Å². The van der Waals surface area contributed by atoms with E-state index in [1.54, 1.807) is 4.90 Å². The summed E-state index contributed by atoms with van der Waals surface area (Å²) in [5.41, 5.74) is 3.23. The summed E-state index contributed by atoms with van der Waals surface area (Å²) in [6, 6.07) is 14.1. The van der Waals surface area contributed by atoms with Crippen molar-refractivity contribution in [2.45, 2.75) is 32.3 Å². The van der Waals surface area contributed by atoms with Gasteiger partial charge in [-0.2, -0.15) is 0 Å². The average Bonchev–Trinajstić information content (AvgIpc) is 2.73. The van der Waals surface area contributed by atoms with E-state index in [0.717, 1.165) is 27.0 Å². The van der Waals surface area contributed by atoms with Gasteiger partial charge in [-0.15, -0.1) is 0 Å². The van der Waals surface area contributed by atoms with Gasteiger partial charge in [-0.05, 0) is 61.7 Å². The van der Waals surface area contributed by atoms with Gasteiger partial charge in [0.05, 0.1) is 12.0 Å². The molecule has 4 heteroatoms. The molecule has 23 heavy (non-hydrogen) atoms. The van der Waals surface area contributed by atoms with Crippen LogP contribution in [-0.4, -0.2) is 19.1 Å². The first-order valence-corrected chi connectivity index (χ1v) is 8.57. The number of likely N-dealkylation sites (N-methyl/N-ethyl adjacent to an activating group) is 1. The van der Waals surface area contributed by atoms with Crippen molar-refractivity contribution in [1.29, 1.82) is 0 Å². The molecule has 3 rings (SSSR count). The van der Waals surface area contributed by atoms with Crippen LogP contribution in [0.15, 0.2) is 46.9 Å². The molecule has 0 radical (unpaired) electrons. The summed E-state index contributed by atoms with van der Waals surface area (Å²) in [6.07, 6.45) is 0.865. The molecule has 0 N–H and O–H groups in total. The van der Waals surface area contributed by atoms with E-state index in [4.69, 9.17) is 4.74 Å². The molecule has 0 saturated heterocycles. The van der Waals surface area contributed by atoms with Crippen LogP contribution in [0.4, 0.5) is 5.69 Å². The van der Waals surface area contributed by atoms with Crippen LogP contribution in [0, 0.1) is 0 Å². The summed E-state index contributed by atoms with van der Waals surface area (Å²) in [7, 11) is 1.84. The van der Waals surface area contributed by atoms with E-state index in [0.29, 0.717) is 6.42 Å². The van der Waals surface area contributed by atoms with Crippen LogP contribution in [0.5, 0.6) is 5.75 Å². The van der Waals surface area contributed by atoms with Crippen molar-refractivity contribution in [3.63, 3.8) is 0 Å². The number of rotatable bonds is 4. The average molecular weight is 374 g/mol. The number of benzene rings is 2. The lowest BCUT2D eigenvalue weighted by Gasteiger charge is -2.13. The normalized spacial score (nSPS) is 16.8. The summed E-state index contributed by atoms with van der Waals surface area (Å²) < 4.78 is 6.67. The highest BCUT2D eigenvalue weighted by molar-refractivity contribution is 9.10. The maximum atomic E-state index is 12.6. The molecule has 0 fully saturated rings. The Morgan fingerprint density at radius 2 is 1.87 bits per heavy atom. The Morgan fingerprint density at radius 3 is 2.52 bits per heavy atom. The minimum atomic E-state index is -0.121. The van der Waals surface area contributed by atoms with Crippen molar-refractivity contribution in [1.82, 2.24) is 0 Å². The third-order valence-corrected chi connectivity index (χ3v) is 4.58. The van der Waals surface area contributed by atoms with Gasteiger partial charge in [0, 0.05) is 17.2 Å². The number of ether oxygens (including phenoxy) is 1. The highest BCUT2D eigenvalue weighted by Gasteiger charge is 2.35. The molecule has 1 atom stereocenters. The lowest BCUT2D eigenvalue weighted by Crippen LogP contribution is -2.24. The number of halogens is 1. The maximum Gasteiger partial charge on any atom is 0.234 e. The molecule has 1 aliphatic heterocycles. The number of fused-ring (bicyclic) bond motifs is 1. The van der Waals surface area contributed by atoms with Crippen LogP contribution in [0.3, 0.4) is 0 Å². The largest absolute Gasteiger partial charge is 0.491 e. The topological polar surface area (TPSA) is 29.5 Å². The van der Waals surface area contributed by atoms with Gasteiger partial charge in [0.25, 0.3) is 0 Å². The molecule has 0 aliphatic carbocycles. The van der Waals surface area contributed by atoms with Crippen LogP contribution in [0.2, 0.25) is 0 Å². The number of carbonyl (C=O) groups is 1. The zero-order valence-corrected chi connectivity index (χ0v) is 15.1. The minimum absolute atomic E-state index is 0.121. The lowest BCUT2D eigenvalue weighted by atomic mass is 9.93. The smallest absolute Gasteiger partial charge is 0.234 e. The third-order valence-electron chi connectivity index (χ3n) is 4.09. The van der Waals surface area contributed by atoms with Gasteiger partial charge in [-0.3, -0.25) is 4.79 Å². The van der Waals surface area contributed by atoms with Gasteiger partial charge in [0.15, 0.2) is 0 Å². The fourth-order valence-corrected chi connectivity index (χ4v) is 3.38. The van der Waals surface area contributed by atoms with Gasteiger partial charge in [0.2, 0.25) is 5.91 Å². The summed E-state index contributed by atoms with van der Waals surface area (Å²) in [5.74, 6) is 0.895. The Hall–Kier alpha value is -1.81.